The Bertz CT molecular complexity index is 934. The molecule has 0 amide bonds. The lowest BCUT2D eigenvalue weighted by molar-refractivity contribution is -0.131. The number of aryl methyl sites for hydroxylation is 1. The molecule has 1 aliphatic carbocycles. The Hall–Kier alpha value is -2.40. The first-order valence-electron chi connectivity index (χ1n) is 11.3. The summed E-state index contributed by atoms with van der Waals surface area (Å²) in [6, 6.07) is 3.04. The number of phenols is 2. The molecule has 1 aromatic carbocycles. The quantitative estimate of drug-likeness (QED) is 0.273. The first kappa shape index (κ1) is 25.9. The van der Waals surface area contributed by atoms with Crippen LogP contribution < -0.4 is 0 Å². The van der Waals surface area contributed by atoms with E-state index in [1.54, 1.807) is 20.8 Å². The lowest BCUT2D eigenvalue weighted by atomic mass is 9.63. The maximum Gasteiger partial charge on any atom is 0.161 e. The molecule has 5 nitrogen and oxygen atoms in total. The number of phenolic OH excluding ortho intramolecular Hbond substituents is 2. The number of rotatable bonds is 9. The SMILES string of the molecule is C/C(=C\Cc1cc(O)cc(C)c1O)CC(=O)CC1(C)CCCC1(C)C(=O)/C=C/C(C)(C)O. The largest absolute Gasteiger partial charge is 0.508 e. The van der Waals surface area contributed by atoms with Gasteiger partial charge >= 0.3 is 0 Å². The molecule has 0 bridgehead atoms. The topological polar surface area (TPSA) is 94.8 Å². The van der Waals surface area contributed by atoms with Crippen molar-refractivity contribution >= 4 is 11.6 Å². The Balaban J connectivity index is 2.08. The summed E-state index contributed by atoms with van der Waals surface area (Å²) in [7, 11) is 0. The van der Waals surface area contributed by atoms with E-state index in [1.807, 2.05) is 26.8 Å². The van der Waals surface area contributed by atoms with Gasteiger partial charge in [-0.2, -0.15) is 0 Å². The number of aliphatic hydroxyl groups is 1. The maximum absolute atomic E-state index is 13.0. The van der Waals surface area contributed by atoms with Crippen molar-refractivity contribution in [1.29, 1.82) is 0 Å². The number of aromatic hydroxyl groups is 2. The highest BCUT2D eigenvalue weighted by Gasteiger charge is 2.52. The molecule has 0 saturated heterocycles. The van der Waals surface area contributed by atoms with E-state index in [0.717, 1.165) is 24.8 Å². The van der Waals surface area contributed by atoms with Gasteiger partial charge in [0.15, 0.2) is 5.78 Å². The van der Waals surface area contributed by atoms with E-state index in [9.17, 15) is 24.9 Å². The molecular formula is C27H38O5. The van der Waals surface area contributed by atoms with Crippen LogP contribution >= 0.6 is 0 Å². The Morgan fingerprint density at radius 3 is 2.44 bits per heavy atom. The van der Waals surface area contributed by atoms with Crippen molar-refractivity contribution in [1.82, 2.24) is 0 Å². The normalized spacial score (nSPS) is 24.3. The third-order valence-corrected chi connectivity index (χ3v) is 7.02. The lowest BCUT2D eigenvalue weighted by Crippen LogP contribution is -2.40. The molecule has 5 heteroatoms. The fourth-order valence-corrected chi connectivity index (χ4v) is 4.73. The summed E-state index contributed by atoms with van der Waals surface area (Å²) < 4.78 is 0. The summed E-state index contributed by atoms with van der Waals surface area (Å²) in [5.41, 5.74) is 0.0137. The van der Waals surface area contributed by atoms with Crippen LogP contribution in [-0.2, 0) is 16.0 Å². The van der Waals surface area contributed by atoms with Crippen LogP contribution in [0, 0.1) is 17.8 Å². The van der Waals surface area contributed by atoms with E-state index in [2.05, 4.69) is 0 Å². The van der Waals surface area contributed by atoms with Gasteiger partial charge in [0.2, 0.25) is 0 Å². The first-order chi connectivity index (χ1) is 14.7. The Labute approximate surface area is 191 Å². The Kier molecular flexibility index (Phi) is 7.77. The molecule has 0 aromatic heterocycles. The van der Waals surface area contributed by atoms with Crippen molar-refractivity contribution in [2.45, 2.75) is 85.7 Å². The van der Waals surface area contributed by atoms with E-state index in [0.29, 0.717) is 24.0 Å². The van der Waals surface area contributed by atoms with E-state index >= 15 is 0 Å². The smallest absolute Gasteiger partial charge is 0.161 e. The van der Waals surface area contributed by atoms with Gasteiger partial charge in [-0.3, -0.25) is 9.59 Å². The molecule has 1 aliphatic rings. The minimum Gasteiger partial charge on any atom is -0.508 e. The molecule has 3 N–H and O–H groups in total. The second-order valence-corrected chi connectivity index (χ2v) is 10.5. The molecule has 0 radical (unpaired) electrons. The van der Waals surface area contributed by atoms with Gasteiger partial charge < -0.3 is 15.3 Å². The van der Waals surface area contributed by atoms with Crippen molar-refractivity contribution in [3.8, 4) is 11.5 Å². The summed E-state index contributed by atoms with van der Waals surface area (Å²) in [5, 5.41) is 29.9. The Morgan fingerprint density at radius 2 is 1.81 bits per heavy atom. The summed E-state index contributed by atoms with van der Waals surface area (Å²) in [5.74, 6) is 0.318. The van der Waals surface area contributed by atoms with Gasteiger partial charge in [0.1, 0.15) is 17.3 Å². The van der Waals surface area contributed by atoms with Gasteiger partial charge in [-0.15, -0.1) is 0 Å². The monoisotopic (exact) mass is 442 g/mol. The van der Waals surface area contributed by atoms with Crippen LogP contribution in [0.5, 0.6) is 11.5 Å². The molecule has 2 atom stereocenters. The zero-order valence-corrected chi connectivity index (χ0v) is 20.3. The fraction of sp³-hybridized carbons (Fsp3) is 0.556. The van der Waals surface area contributed by atoms with Crippen molar-refractivity contribution in [2.24, 2.45) is 10.8 Å². The van der Waals surface area contributed by atoms with Crippen molar-refractivity contribution < 1.29 is 24.9 Å². The number of hydrogen-bond donors (Lipinski definition) is 3. The average Bonchev–Trinajstić information content (AvgIpc) is 2.95. The number of allylic oxidation sites excluding steroid dienone is 3. The third-order valence-electron chi connectivity index (χ3n) is 7.02. The predicted molar refractivity (Wildman–Crippen MR) is 127 cm³/mol. The number of hydrogen-bond acceptors (Lipinski definition) is 5. The zero-order chi connectivity index (χ0) is 24.3. The molecule has 2 unspecified atom stereocenters. The van der Waals surface area contributed by atoms with Gasteiger partial charge in [0.05, 0.1) is 5.60 Å². The summed E-state index contributed by atoms with van der Waals surface area (Å²) in [6.45, 7) is 10.8. The molecule has 0 heterocycles. The summed E-state index contributed by atoms with van der Waals surface area (Å²) in [6.07, 6.45) is 8.38. The number of ketones is 2. The number of Topliss-reactive ketones (excluding diaryl/α,β-unsaturated/α-hetero) is 1. The molecule has 0 aliphatic heterocycles. The fourth-order valence-electron chi connectivity index (χ4n) is 4.73. The Morgan fingerprint density at radius 1 is 1.16 bits per heavy atom. The van der Waals surface area contributed by atoms with Crippen molar-refractivity contribution in [3.63, 3.8) is 0 Å². The average molecular weight is 443 g/mol. The number of carbonyl (C=O) groups is 2. The molecule has 176 valence electrons. The first-order valence-corrected chi connectivity index (χ1v) is 11.3. The zero-order valence-electron chi connectivity index (χ0n) is 20.3. The number of benzene rings is 1. The summed E-state index contributed by atoms with van der Waals surface area (Å²) >= 11 is 0. The molecular weight excluding hydrogens is 404 g/mol. The molecule has 32 heavy (non-hydrogen) atoms. The second-order valence-electron chi connectivity index (χ2n) is 10.5. The van der Waals surface area contributed by atoms with Gasteiger partial charge in [-0.1, -0.05) is 38.0 Å². The van der Waals surface area contributed by atoms with Crippen LogP contribution in [0.4, 0.5) is 0 Å². The van der Waals surface area contributed by atoms with E-state index in [4.69, 9.17) is 0 Å². The van der Waals surface area contributed by atoms with E-state index in [-0.39, 0.29) is 29.5 Å². The van der Waals surface area contributed by atoms with Crippen LogP contribution in [0.1, 0.15) is 77.8 Å². The minimum absolute atomic E-state index is 0.0329. The van der Waals surface area contributed by atoms with Gasteiger partial charge in [0, 0.05) is 23.8 Å². The van der Waals surface area contributed by atoms with Gasteiger partial charge in [-0.25, -0.2) is 0 Å². The highest BCUT2D eigenvalue weighted by molar-refractivity contribution is 5.96. The van der Waals surface area contributed by atoms with Gasteiger partial charge in [-0.05, 0) is 76.1 Å². The highest BCUT2D eigenvalue weighted by atomic mass is 16.3. The number of carbonyl (C=O) groups excluding carboxylic acids is 2. The lowest BCUT2D eigenvalue weighted by Gasteiger charge is -2.39. The van der Waals surface area contributed by atoms with E-state index < -0.39 is 16.4 Å². The van der Waals surface area contributed by atoms with Gasteiger partial charge in [0.25, 0.3) is 0 Å². The van der Waals surface area contributed by atoms with Crippen molar-refractivity contribution in [2.75, 3.05) is 0 Å². The molecule has 1 fully saturated rings. The maximum atomic E-state index is 13.0. The minimum atomic E-state index is -1.05. The molecule has 1 aromatic rings. The van der Waals surface area contributed by atoms with Crippen LogP contribution in [-0.4, -0.2) is 32.5 Å². The summed E-state index contributed by atoms with van der Waals surface area (Å²) in [4.78, 5) is 25.9. The predicted octanol–water partition coefficient (Wildman–Crippen LogP) is 5.34. The molecule has 0 spiro atoms. The van der Waals surface area contributed by atoms with Crippen LogP contribution in [0.25, 0.3) is 0 Å². The van der Waals surface area contributed by atoms with Crippen molar-refractivity contribution in [3.05, 3.63) is 47.1 Å². The third kappa shape index (κ3) is 6.10. The standard InChI is InChI=1S/C27H38O5/c1-18(8-9-20-16-21(28)15-19(2)24(20)31)14-22(29)17-26(5)11-7-12-27(26,6)23(30)10-13-25(3,4)32/h8,10,13,15-16,28,31-32H,7,9,11-12,14,17H2,1-6H3/b13-10+,18-8+. The molecule has 1 saturated carbocycles. The van der Waals surface area contributed by atoms with Crippen LogP contribution in [0.3, 0.4) is 0 Å². The highest BCUT2D eigenvalue weighted by Crippen LogP contribution is 2.55. The van der Waals surface area contributed by atoms with E-state index in [1.165, 1.54) is 24.3 Å². The molecule has 2 rings (SSSR count). The second kappa shape index (κ2) is 9.62. The van der Waals surface area contributed by atoms with Crippen LogP contribution in [0.2, 0.25) is 0 Å². The van der Waals surface area contributed by atoms with Crippen LogP contribution in [0.15, 0.2) is 35.9 Å².